The number of rotatable bonds is 68. The third-order valence-electron chi connectivity index (χ3n) is 14.6. The number of aliphatic hydroxyl groups excluding tert-OH is 2. The van der Waals surface area contributed by atoms with Gasteiger partial charge in [-0.15, -0.1) is 0 Å². The van der Waals surface area contributed by atoms with Crippen LogP contribution in [0, 0.1) is 0 Å². The standard InChI is InChI=1S/C81H130O16P2/c1-4-7-10-13-16-19-22-25-28-31-33-35-36-37-38-40-42-44-46-49-52-55-58-61-64-67-79(84)91-70-76(82)71-93-98(87,88)94-72-77(83)73-95-99(89,90)96-75-78(97-81(86)69-66-63-60-57-54-51-48-43-30-27-24-21-18-15-12-9-6-3)74-92-80(85)68-65-62-59-56-53-50-47-45-41-39-34-32-29-26-23-20-17-14-11-8-5-2/h7-12,16-21,25-30,33-35,37-39,45,47-48,51,57,60,76-78,82-83H,4-6,13-15,22-24,31-32,36,40-44,46,49-50,52-56,58-59,61-75H2,1-3H3,(H,87,88)(H,89,90)/b10-7-,11-8-,12-9-,19-16-,20-17-,21-18-,28-25-,29-26-,30-27-,35-33-,38-37-,39-34-,47-45-,51-48-,60-57-. The van der Waals surface area contributed by atoms with Crippen LogP contribution in [-0.2, 0) is 55.8 Å². The molecule has 0 aliphatic rings. The van der Waals surface area contributed by atoms with Gasteiger partial charge in [-0.05, 0) is 148 Å². The largest absolute Gasteiger partial charge is 0.472 e. The predicted octanol–water partition coefficient (Wildman–Crippen LogP) is 21.4. The van der Waals surface area contributed by atoms with Crippen LogP contribution in [0.15, 0.2) is 182 Å². The molecular weight excluding hydrogens is 1290 g/mol. The van der Waals surface area contributed by atoms with Crippen LogP contribution in [0.3, 0.4) is 0 Å². The lowest BCUT2D eigenvalue weighted by Gasteiger charge is -2.21. The van der Waals surface area contributed by atoms with Crippen molar-refractivity contribution in [2.45, 2.75) is 270 Å². The van der Waals surface area contributed by atoms with Crippen molar-refractivity contribution in [2.24, 2.45) is 0 Å². The van der Waals surface area contributed by atoms with E-state index in [0.29, 0.717) is 25.7 Å². The number of phosphoric acid groups is 2. The molecule has 560 valence electrons. The maximum Gasteiger partial charge on any atom is 0.472 e. The van der Waals surface area contributed by atoms with E-state index >= 15 is 0 Å². The van der Waals surface area contributed by atoms with E-state index in [-0.39, 0.29) is 19.3 Å². The second kappa shape index (κ2) is 72.4. The lowest BCUT2D eigenvalue weighted by atomic mass is 10.1. The van der Waals surface area contributed by atoms with Crippen molar-refractivity contribution in [3.05, 3.63) is 182 Å². The fourth-order valence-electron chi connectivity index (χ4n) is 9.07. The molecule has 0 aromatic carbocycles. The smallest absolute Gasteiger partial charge is 0.463 e. The number of esters is 3. The molecule has 0 heterocycles. The summed E-state index contributed by atoms with van der Waals surface area (Å²) in [5.74, 6) is -1.69. The number of ether oxygens (including phenoxy) is 3. The fraction of sp³-hybridized carbons (Fsp3) is 0.593. The van der Waals surface area contributed by atoms with E-state index in [9.17, 15) is 43.5 Å². The number of carbonyl (C=O) groups is 3. The zero-order chi connectivity index (χ0) is 72.3. The molecule has 0 spiro atoms. The summed E-state index contributed by atoms with van der Waals surface area (Å²) in [6, 6.07) is 0. The van der Waals surface area contributed by atoms with Crippen LogP contribution in [0.25, 0.3) is 0 Å². The van der Waals surface area contributed by atoms with Crippen molar-refractivity contribution < 1.29 is 75.8 Å². The second-order valence-electron chi connectivity index (χ2n) is 23.9. The van der Waals surface area contributed by atoms with Gasteiger partial charge in [-0.1, -0.05) is 267 Å². The van der Waals surface area contributed by atoms with Crippen molar-refractivity contribution in [2.75, 3.05) is 39.6 Å². The molecule has 5 atom stereocenters. The van der Waals surface area contributed by atoms with Gasteiger partial charge in [0.25, 0.3) is 0 Å². The molecule has 0 aliphatic heterocycles. The molecule has 0 fully saturated rings. The highest BCUT2D eigenvalue weighted by Gasteiger charge is 2.29. The van der Waals surface area contributed by atoms with Crippen LogP contribution in [0.5, 0.6) is 0 Å². The molecule has 16 nitrogen and oxygen atoms in total. The van der Waals surface area contributed by atoms with Crippen LogP contribution in [0.2, 0.25) is 0 Å². The Balaban J connectivity index is 4.72. The molecule has 0 aliphatic carbocycles. The van der Waals surface area contributed by atoms with Crippen LogP contribution in [0.1, 0.15) is 252 Å². The minimum atomic E-state index is -4.96. The van der Waals surface area contributed by atoms with Crippen LogP contribution >= 0.6 is 15.6 Å². The SMILES string of the molecule is CC/C=C\C/C=C\C/C=C\C/C=C\C/C=C\CCCCCCCCCCCC(=O)OCC(O)COP(=O)(O)OCC(O)COP(=O)(O)OCC(COC(=O)CCCCCCC/C=C\C/C=C\C/C=C\C/C=C\C/C=C\CC)OC(=O)CCC/C=C\C/C=C\C/C=C\C/C=C\C/C=C\CC. The Bertz CT molecular complexity index is 2530. The van der Waals surface area contributed by atoms with Gasteiger partial charge in [0.1, 0.15) is 25.4 Å². The number of phosphoric ester groups is 2. The quantitative estimate of drug-likeness (QED) is 0.0146. The van der Waals surface area contributed by atoms with Crippen molar-refractivity contribution >= 4 is 33.6 Å². The van der Waals surface area contributed by atoms with E-state index in [4.69, 9.17) is 32.3 Å². The van der Waals surface area contributed by atoms with Gasteiger partial charge in [-0.2, -0.15) is 0 Å². The Labute approximate surface area is 598 Å². The van der Waals surface area contributed by atoms with E-state index in [1.54, 1.807) is 0 Å². The van der Waals surface area contributed by atoms with E-state index in [0.717, 1.165) is 161 Å². The van der Waals surface area contributed by atoms with Gasteiger partial charge >= 0.3 is 33.6 Å². The molecule has 0 aromatic rings. The average molecular weight is 1420 g/mol. The highest BCUT2D eigenvalue weighted by molar-refractivity contribution is 7.47. The Morgan fingerprint density at radius 1 is 0.283 bits per heavy atom. The minimum Gasteiger partial charge on any atom is -0.463 e. The summed E-state index contributed by atoms with van der Waals surface area (Å²) in [5, 5.41) is 20.6. The molecule has 99 heavy (non-hydrogen) atoms. The molecule has 4 N–H and O–H groups in total. The zero-order valence-electron chi connectivity index (χ0n) is 60.8. The second-order valence-corrected chi connectivity index (χ2v) is 26.9. The lowest BCUT2D eigenvalue weighted by molar-refractivity contribution is -0.161. The zero-order valence-corrected chi connectivity index (χ0v) is 62.6. The Hall–Kier alpha value is -5.35. The monoisotopic (exact) mass is 1420 g/mol. The Morgan fingerprint density at radius 2 is 0.515 bits per heavy atom. The van der Waals surface area contributed by atoms with E-state index in [2.05, 4.69) is 191 Å². The van der Waals surface area contributed by atoms with E-state index < -0.39 is 91.5 Å². The first-order valence-electron chi connectivity index (χ1n) is 37.1. The number of carbonyl (C=O) groups excluding carboxylic acids is 3. The van der Waals surface area contributed by atoms with Gasteiger partial charge in [0, 0.05) is 19.3 Å². The van der Waals surface area contributed by atoms with Gasteiger partial charge in [0.15, 0.2) is 6.10 Å². The summed E-state index contributed by atoms with van der Waals surface area (Å²) in [5.41, 5.74) is 0. The summed E-state index contributed by atoms with van der Waals surface area (Å²) >= 11 is 0. The molecule has 0 saturated carbocycles. The van der Waals surface area contributed by atoms with Crippen LogP contribution in [0.4, 0.5) is 0 Å². The number of unbranched alkanes of at least 4 members (excludes halogenated alkanes) is 15. The molecule has 5 unspecified atom stereocenters. The predicted molar refractivity (Wildman–Crippen MR) is 408 cm³/mol. The molecule has 0 saturated heterocycles. The molecule has 0 radical (unpaired) electrons. The number of aliphatic hydroxyl groups is 2. The van der Waals surface area contributed by atoms with Gasteiger partial charge in [0.05, 0.1) is 26.4 Å². The summed E-state index contributed by atoms with van der Waals surface area (Å²) in [6.45, 7) is 2.21. The highest BCUT2D eigenvalue weighted by atomic mass is 31.2. The van der Waals surface area contributed by atoms with Crippen molar-refractivity contribution in [3.8, 4) is 0 Å². The van der Waals surface area contributed by atoms with E-state index in [1.165, 1.54) is 25.7 Å². The fourth-order valence-corrected chi connectivity index (χ4v) is 10.7. The van der Waals surface area contributed by atoms with Crippen molar-refractivity contribution in [3.63, 3.8) is 0 Å². The first-order chi connectivity index (χ1) is 48.2. The van der Waals surface area contributed by atoms with Crippen LogP contribution < -0.4 is 0 Å². The number of hydrogen-bond acceptors (Lipinski definition) is 14. The topological polar surface area (TPSA) is 231 Å². The third-order valence-corrected chi connectivity index (χ3v) is 16.5. The van der Waals surface area contributed by atoms with E-state index in [1.807, 2.05) is 12.2 Å². The summed E-state index contributed by atoms with van der Waals surface area (Å²) in [7, 11) is -9.83. The Morgan fingerprint density at radius 3 is 0.828 bits per heavy atom. The third kappa shape index (κ3) is 73.7. The van der Waals surface area contributed by atoms with Gasteiger partial charge < -0.3 is 34.2 Å². The van der Waals surface area contributed by atoms with Crippen LogP contribution in [-0.4, -0.2) is 95.9 Å². The Kier molecular flexibility index (Phi) is 68.5. The number of allylic oxidation sites excluding steroid dienone is 30. The summed E-state index contributed by atoms with van der Waals surface area (Å²) in [6.07, 6.45) is 92.3. The number of hydrogen-bond donors (Lipinski definition) is 4. The van der Waals surface area contributed by atoms with Gasteiger partial charge in [-0.25, -0.2) is 9.13 Å². The minimum absolute atomic E-state index is 0.0141. The summed E-state index contributed by atoms with van der Waals surface area (Å²) in [4.78, 5) is 58.6. The maximum atomic E-state index is 12.9. The molecule has 0 aromatic heterocycles. The lowest BCUT2D eigenvalue weighted by Crippen LogP contribution is -2.30. The van der Waals surface area contributed by atoms with Crippen molar-refractivity contribution in [1.82, 2.24) is 0 Å². The highest BCUT2D eigenvalue weighted by Crippen LogP contribution is 2.45. The average Bonchev–Trinajstić information content (AvgIpc) is 2.07. The van der Waals surface area contributed by atoms with Gasteiger partial charge in [0.2, 0.25) is 0 Å². The first-order valence-corrected chi connectivity index (χ1v) is 40.1. The molecule has 0 rings (SSSR count). The van der Waals surface area contributed by atoms with Gasteiger partial charge in [-0.3, -0.25) is 32.5 Å². The molecule has 0 amide bonds. The molecule has 0 bridgehead atoms. The normalized spacial score (nSPS) is 15.1. The summed E-state index contributed by atoms with van der Waals surface area (Å²) < 4.78 is 61.0. The maximum absolute atomic E-state index is 12.9. The molecule has 18 heteroatoms. The first kappa shape index (κ1) is 93.6. The molecular formula is C81H130O16P2. The van der Waals surface area contributed by atoms with Crippen molar-refractivity contribution in [1.29, 1.82) is 0 Å².